The fourth-order valence-electron chi connectivity index (χ4n) is 3.36. The maximum absolute atomic E-state index is 11.7. The van der Waals surface area contributed by atoms with Gasteiger partial charge in [0.1, 0.15) is 0 Å². The number of hydrogen-bond acceptors (Lipinski definition) is 6. The third-order valence-corrected chi connectivity index (χ3v) is 6.01. The smallest absolute Gasteiger partial charge is 0.319 e. The zero-order chi connectivity index (χ0) is 22.1. The molecule has 2 amide bonds. The van der Waals surface area contributed by atoms with Crippen LogP contribution in [0.3, 0.4) is 0 Å². The number of thioether (sulfide) groups is 1. The number of ether oxygens (including phenoxy) is 2. The van der Waals surface area contributed by atoms with E-state index in [2.05, 4.69) is 10.6 Å². The number of hydrogen-bond donors (Lipinski definition) is 4. The molecule has 8 heteroatoms. The zero-order valence-electron chi connectivity index (χ0n) is 17.6. The standard InChI is InChI=1S/C23H30N2O5S/c1-2-24-23(28)25-19-9-7-18(8-10-19)22-29-20(15-31-12-11-26)13-21(30-22)17-5-3-16(14-27)4-6-17/h3-10,20-22,26-27H,2,11-15H2,1H3,(H2,24,25,28). The Labute approximate surface area is 187 Å². The molecule has 0 spiro atoms. The van der Waals surface area contributed by atoms with Crippen molar-refractivity contribution in [3.63, 3.8) is 0 Å². The monoisotopic (exact) mass is 446 g/mol. The minimum atomic E-state index is -0.533. The highest BCUT2D eigenvalue weighted by atomic mass is 32.2. The van der Waals surface area contributed by atoms with E-state index in [1.807, 2.05) is 55.5 Å². The molecule has 1 heterocycles. The molecule has 0 bridgehead atoms. The molecule has 0 radical (unpaired) electrons. The van der Waals surface area contributed by atoms with E-state index in [0.717, 1.165) is 22.4 Å². The molecule has 0 aromatic heterocycles. The first-order valence-electron chi connectivity index (χ1n) is 10.5. The van der Waals surface area contributed by atoms with Gasteiger partial charge in [-0.15, -0.1) is 0 Å². The van der Waals surface area contributed by atoms with Crippen LogP contribution in [0.2, 0.25) is 0 Å². The molecule has 1 fully saturated rings. The van der Waals surface area contributed by atoms with Crippen molar-refractivity contribution in [2.75, 3.05) is 30.0 Å². The summed E-state index contributed by atoms with van der Waals surface area (Å²) in [7, 11) is 0. The van der Waals surface area contributed by atoms with Gasteiger partial charge in [-0.05, 0) is 30.2 Å². The Hall–Kier alpha value is -2.10. The van der Waals surface area contributed by atoms with Gasteiger partial charge < -0.3 is 30.3 Å². The van der Waals surface area contributed by atoms with Gasteiger partial charge in [0.2, 0.25) is 0 Å². The van der Waals surface area contributed by atoms with E-state index in [1.54, 1.807) is 11.8 Å². The summed E-state index contributed by atoms with van der Waals surface area (Å²) in [5.41, 5.74) is 3.46. The van der Waals surface area contributed by atoms with Gasteiger partial charge in [-0.3, -0.25) is 0 Å². The molecule has 2 aromatic rings. The second kappa shape index (κ2) is 12.1. The third kappa shape index (κ3) is 6.95. The minimum Gasteiger partial charge on any atom is -0.396 e. The first kappa shape index (κ1) is 23.6. The molecule has 0 saturated carbocycles. The molecule has 168 valence electrons. The van der Waals surface area contributed by atoms with Crippen molar-refractivity contribution >= 4 is 23.5 Å². The number of aliphatic hydroxyl groups is 2. The predicted molar refractivity (Wildman–Crippen MR) is 122 cm³/mol. The number of benzene rings is 2. The molecule has 7 nitrogen and oxygen atoms in total. The van der Waals surface area contributed by atoms with E-state index >= 15 is 0 Å². The first-order chi connectivity index (χ1) is 15.1. The molecular formula is C23H30N2O5S. The molecule has 3 atom stereocenters. The van der Waals surface area contributed by atoms with Crippen molar-refractivity contribution in [3.05, 3.63) is 65.2 Å². The number of aliphatic hydroxyl groups excluding tert-OH is 2. The lowest BCUT2D eigenvalue weighted by molar-refractivity contribution is -0.245. The SMILES string of the molecule is CCNC(=O)Nc1ccc(C2OC(CSCCO)CC(c3ccc(CO)cc3)O2)cc1. The normalized spacial score (nSPS) is 20.9. The quantitative estimate of drug-likeness (QED) is 0.439. The van der Waals surface area contributed by atoms with Gasteiger partial charge in [-0.25, -0.2) is 4.79 Å². The topological polar surface area (TPSA) is 100 Å². The number of carbonyl (C=O) groups excluding carboxylic acids is 1. The van der Waals surface area contributed by atoms with Crippen molar-refractivity contribution in [3.8, 4) is 0 Å². The molecule has 3 unspecified atom stereocenters. The highest BCUT2D eigenvalue weighted by Gasteiger charge is 2.32. The Balaban J connectivity index is 1.73. The number of urea groups is 1. The molecule has 0 aliphatic carbocycles. The van der Waals surface area contributed by atoms with Crippen LogP contribution in [-0.4, -0.2) is 47.0 Å². The van der Waals surface area contributed by atoms with Gasteiger partial charge in [0.25, 0.3) is 0 Å². The molecule has 1 aliphatic heterocycles. The number of nitrogens with one attached hydrogen (secondary N) is 2. The van der Waals surface area contributed by atoms with Crippen molar-refractivity contribution in [1.29, 1.82) is 0 Å². The highest BCUT2D eigenvalue weighted by molar-refractivity contribution is 7.99. The molecule has 31 heavy (non-hydrogen) atoms. The van der Waals surface area contributed by atoms with E-state index in [4.69, 9.17) is 14.6 Å². The number of rotatable bonds is 9. The summed E-state index contributed by atoms with van der Waals surface area (Å²) < 4.78 is 12.5. The summed E-state index contributed by atoms with van der Waals surface area (Å²) in [6, 6.07) is 15.0. The average molecular weight is 447 g/mol. The fraction of sp³-hybridized carbons (Fsp3) is 0.435. The lowest BCUT2D eigenvalue weighted by Gasteiger charge is -2.36. The van der Waals surface area contributed by atoms with Crippen LogP contribution in [-0.2, 0) is 16.1 Å². The molecular weight excluding hydrogens is 416 g/mol. The van der Waals surface area contributed by atoms with Crippen LogP contribution < -0.4 is 10.6 Å². The summed E-state index contributed by atoms with van der Waals surface area (Å²) in [5, 5.41) is 23.9. The zero-order valence-corrected chi connectivity index (χ0v) is 18.4. The first-order valence-corrected chi connectivity index (χ1v) is 11.6. The van der Waals surface area contributed by atoms with Crippen molar-refractivity contribution in [1.82, 2.24) is 5.32 Å². The van der Waals surface area contributed by atoms with Gasteiger partial charge in [0.15, 0.2) is 6.29 Å². The molecule has 2 aromatic carbocycles. The third-order valence-electron chi connectivity index (χ3n) is 4.93. The fourth-order valence-corrected chi connectivity index (χ4v) is 4.13. The second-order valence-electron chi connectivity index (χ2n) is 7.26. The van der Waals surface area contributed by atoms with Crippen molar-refractivity contribution < 1.29 is 24.5 Å². The van der Waals surface area contributed by atoms with Crippen molar-refractivity contribution in [2.24, 2.45) is 0 Å². The number of amides is 2. The van der Waals surface area contributed by atoms with Crippen LogP contribution >= 0.6 is 11.8 Å². The Kier molecular flexibility index (Phi) is 9.17. The van der Waals surface area contributed by atoms with E-state index < -0.39 is 6.29 Å². The molecule has 3 rings (SSSR count). The lowest BCUT2D eigenvalue weighted by Crippen LogP contribution is -2.31. The van der Waals surface area contributed by atoms with Crippen LogP contribution in [0.25, 0.3) is 0 Å². The van der Waals surface area contributed by atoms with Gasteiger partial charge in [-0.2, -0.15) is 11.8 Å². The number of anilines is 1. The summed E-state index contributed by atoms with van der Waals surface area (Å²) in [4.78, 5) is 11.7. The summed E-state index contributed by atoms with van der Waals surface area (Å²) in [6.45, 7) is 2.57. The van der Waals surface area contributed by atoms with Crippen LogP contribution in [0.1, 0.15) is 42.4 Å². The van der Waals surface area contributed by atoms with E-state index in [1.165, 1.54) is 0 Å². The van der Waals surface area contributed by atoms with Crippen LogP contribution in [0.4, 0.5) is 10.5 Å². The summed E-state index contributed by atoms with van der Waals surface area (Å²) in [6.07, 6.45) is 0.0179. The average Bonchev–Trinajstić information content (AvgIpc) is 2.80. The van der Waals surface area contributed by atoms with E-state index in [0.29, 0.717) is 24.4 Å². The minimum absolute atomic E-state index is 0.00856. The van der Waals surface area contributed by atoms with Gasteiger partial charge in [-0.1, -0.05) is 36.4 Å². The highest BCUT2D eigenvalue weighted by Crippen LogP contribution is 2.38. The molecule has 1 aliphatic rings. The van der Waals surface area contributed by atoms with Crippen molar-refractivity contribution in [2.45, 2.75) is 38.4 Å². The Morgan fingerprint density at radius 1 is 1.06 bits per heavy atom. The molecule has 4 N–H and O–H groups in total. The maximum Gasteiger partial charge on any atom is 0.319 e. The maximum atomic E-state index is 11.7. The largest absolute Gasteiger partial charge is 0.396 e. The Morgan fingerprint density at radius 2 is 1.77 bits per heavy atom. The predicted octanol–water partition coefficient (Wildman–Crippen LogP) is 3.59. The molecule has 1 saturated heterocycles. The Bertz CT molecular complexity index is 816. The number of carbonyl (C=O) groups is 1. The van der Waals surface area contributed by atoms with E-state index in [-0.39, 0.29) is 31.5 Å². The summed E-state index contributed by atoms with van der Waals surface area (Å²) >= 11 is 1.66. The van der Waals surface area contributed by atoms with Crippen LogP contribution in [0.5, 0.6) is 0 Å². The Morgan fingerprint density at radius 3 is 2.42 bits per heavy atom. The summed E-state index contributed by atoms with van der Waals surface area (Å²) in [5.74, 6) is 1.43. The van der Waals surface area contributed by atoms with Gasteiger partial charge >= 0.3 is 6.03 Å². The van der Waals surface area contributed by atoms with Crippen LogP contribution in [0.15, 0.2) is 48.5 Å². The lowest BCUT2D eigenvalue weighted by atomic mass is 10.0. The van der Waals surface area contributed by atoms with E-state index in [9.17, 15) is 9.90 Å². The second-order valence-corrected chi connectivity index (χ2v) is 8.40. The van der Waals surface area contributed by atoms with Crippen LogP contribution in [0, 0.1) is 0 Å². The van der Waals surface area contributed by atoms with Gasteiger partial charge in [0.05, 0.1) is 25.4 Å². The van der Waals surface area contributed by atoms with Gasteiger partial charge in [0, 0.05) is 35.7 Å².